The van der Waals surface area contributed by atoms with E-state index in [-0.39, 0.29) is 11.4 Å². The first kappa shape index (κ1) is 13.8. The standard InChI is InChI=1S/C12H9BrF2N2O2/c13-10-5-16-7-17-11(10)19-9-3-1-8(2-4-9)12(14,15)6-18/h1-5,7,18H,6H2. The van der Waals surface area contributed by atoms with Crippen LogP contribution in [-0.4, -0.2) is 21.7 Å². The molecule has 0 aliphatic carbocycles. The van der Waals surface area contributed by atoms with E-state index in [1.165, 1.54) is 36.8 Å². The minimum Gasteiger partial charge on any atom is -0.438 e. The minimum absolute atomic E-state index is 0.274. The summed E-state index contributed by atoms with van der Waals surface area (Å²) in [5.41, 5.74) is -0.274. The van der Waals surface area contributed by atoms with Gasteiger partial charge in [0.2, 0.25) is 5.88 Å². The summed E-state index contributed by atoms with van der Waals surface area (Å²) < 4.78 is 32.3. The van der Waals surface area contributed by atoms with Crippen molar-refractivity contribution in [2.75, 3.05) is 6.61 Å². The maximum absolute atomic E-state index is 13.2. The SMILES string of the molecule is OCC(F)(F)c1ccc(Oc2ncncc2Br)cc1. The molecule has 100 valence electrons. The summed E-state index contributed by atoms with van der Waals surface area (Å²) in [4.78, 5) is 7.67. The van der Waals surface area contributed by atoms with Gasteiger partial charge in [0, 0.05) is 11.8 Å². The Labute approximate surface area is 116 Å². The molecule has 1 N–H and O–H groups in total. The lowest BCUT2D eigenvalue weighted by molar-refractivity contribution is -0.0556. The molecule has 2 rings (SSSR count). The molecule has 1 aromatic carbocycles. The van der Waals surface area contributed by atoms with Gasteiger partial charge in [-0.25, -0.2) is 9.97 Å². The third kappa shape index (κ3) is 3.24. The second-order valence-corrected chi connectivity index (χ2v) is 4.52. The van der Waals surface area contributed by atoms with E-state index in [1.807, 2.05) is 0 Å². The molecule has 0 saturated carbocycles. The summed E-state index contributed by atoms with van der Waals surface area (Å²) in [6.07, 6.45) is 2.82. The first-order valence-electron chi connectivity index (χ1n) is 5.25. The molecular weight excluding hydrogens is 322 g/mol. The Hall–Kier alpha value is -1.60. The summed E-state index contributed by atoms with van der Waals surface area (Å²) in [6.45, 7) is -1.23. The molecular formula is C12H9BrF2N2O2. The predicted molar refractivity (Wildman–Crippen MR) is 67.2 cm³/mol. The topological polar surface area (TPSA) is 55.2 Å². The summed E-state index contributed by atoms with van der Waals surface area (Å²) in [5, 5.41) is 8.58. The van der Waals surface area contributed by atoms with Crippen LogP contribution in [0.5, 0.6) is 11.6 Å². The van der Waals surface area contributed by atoms with E-state index >= 15 is 0 Å². The van der Waals surface area contributed by atoms with Crippen LogP contribution in [0.25, 0.3) is 0 Å². The van der Waals surface area contributed by atoms with E-state index in [2.05, 4.69) is 25.9 Å². The van der Waals surface area contributed by atoms with Crippen molar-refractivity contribution >= 4 is 15.9 Å². The van der Waals surface area contributed by atoms with E-state index in [1.54, 1.807) is 0 Å². The quantitative estimate of drug-likeness (QED) is 0.935. The van der Waals surface area contributed by atoms with Crippen LogP contribution in [0.1, 0.15) is 5.56 Å². The highest BCUT2D eigenvalue weighted by Gasteiger charge is 2.30. The van der Waals surface area contributed by atoms with Crippen LogP contribution in [0.2, 0.25) is 0 Å². The van der Waals surface area contributed by atoms with Crippen molar-refractivity contribution in [3.63, 3.8) is 0 Å². The number of rotatable bonds is 4. The first-order chi connectivity index (χ1) is 9.03. The number of hydrogen-bond donors (Lipinski definition) is 1. The molecule has 2 aromatic rings. The average Bonchev–Trinajstić information content (AvgIpc) is 2.42. The normalized spacial score (nSPS) is 11.4. The number of benzene rings is 1. The van der Waals surface area contributed by atoms with Gasteiger partial charge in [0.1, 0.15) is 18.7 Å². The minimum atomic E-state index is -3.26. The molecule has 7 heteroatoms. The number of aliphatic hydroxyl groups excluding tert-OH is 1. The third-order valence-corrected chi connectivity index (χ3v) is 2.87. The smallest absolute Gasteiger partial charge is 0.295 e. The molecule has 0 amide bonds. The number of aliphatic hydroxyl groups is 1. The van der Waals surface area contributed by atoms with E-state index < -0.39 is 12.5 Å². The molecule has 19 heavy (non-hydrogen) atoms. The molecule has 0 fully saturated rings. The maximum Gasteiger partial charge on any atom is 0.295 e. The van der Waals surface area contributed by atoms with Crippen LogP contribution in [0.3, 0.4) is 0 Å². The summed E-state index contributed by atoms with van der Waals surface area (Å²) >= 11 is 3.21. The van der Waals surface area contributed by atoms with Crippen LogP contribution in [0.4, 0.5) is 8.78 Å². The highest BCUT2D eigenvalue weighted by Crippen LogP contribution is 2.30. The molecule has 0 radical (unpaired) electrons. The lowest BCUT2D eigenvalue weighted by atomic mass is 10.1. The van der Waals surface area contributed by atoms with Crippen molar-refractivity contribution in [1.82, 2.24) is 9.97 Å². The molecule has 0 saturated heterocycles. The fourth-order valence-electron chi connectivity index (χ4n) is 1.35. The summed E-state index contributed by atoms with van der Waals surface area (Å²) in [6, 6.07) is 5.15. The van der Waals surface area contributed by atoms with Gasteiger partial charge in [-0.3, -0.25) is 0 Å². The fraction of sp³-hybridized carbons (Fsp3) is 0.167. The zero-order valence-electron chi connectivity index (χ0n) is 9.55. The number of ether oxygens (including phenoxy) is 1. The molecule has 0 aliphatic rings. The van der Waals surface area contributed by atoms with Crippen LogP contribution in [0.15, 0.2) is 41.3 Å². The fourth-order valence-corrected chi connectivity index (χ4v) is 1.65. The first-order valence-corrected chi connectivity index (χ1v) is 6.05. The monoisotopic (exact) mass is 330 g/mol. The molecule has 0 aliphatic heterocycles. The van der Waals surface area contributed by atoms with Gasteiger partial charge in [-0.15, -0.1) is 0 Å². The average molecular weight is 331 g/mol. The van der Waals surface area contributed by atoms with Crippen molar-refractivity contribution < 1.29 is 18.6 Å². The molecule has 0 spiro atoms. The third-order valence-electron chi connectivity index (χ3n) is 2.32. The predicted octanol–water partition coefficient (Wildman–Crippen LogP) is 3.12. The zero-order valence-corrected chi connectivity index (χ0v) is 11.1. The van der Waals surface area contributed by atoms with Gasteiger partial charge in [0.05, 0.1) is 4.47 Å². The van der Waals surface area contributed by atoms with Crippen molar-refractivity contribution in [1.29, 1.82) is 0 Å². The number of halogens is 3. The number of aromatic nitrogens is 2. The number of alkyl halides is 2. The lowest BCUT2D eigenvalue weighted by Crippen LogP contribution is -2.18. The molecule has 1 aromatic heterocycles. The second-order valence-electron chi connectivity index (χ2n) is 3.66. The van der Waals surface area contributed by atoms with Crippen LogP contribution in [-0.2, 0) is 5.92 Å². The van der Waals surface area contributed by atoms with Crippen molar-refractivity contribution in [3.05, 3.63) is 46.8 Å². The van der Waals surface area contributed by atoms with Crippen molar-refractivity contribution in [3.8, 4) is 11.6 Å². The highest BCUT2D eigenvalue weighted by molar-refractivity contribution is 9.10. The molecule has 0 atom stereocenters. The van der Waals surface area contributed by atoms with Gasteiger partial charge in [0.25, 0.3) is 5.92 Å². The lowest BCUT2D eigenvalue weighted by Gasteiger charge is -2.14. The van der Waals surface area contributed by atoms with Gasteiger partial charge in [0.15, 0.2) is 0 Å². The Morgan fingerprint density at radius 1 is 1.26 bits per heavy atom. The Morgan fingerprint density at radius 2 is 1.95 bits per heavy atom. The van der Waals surface area contributed by atoms with Gasteiger partial charge < -0.3 is 9.84 Å². The van der Waals surface area contributed by atoms with E-state index in [4.69, 9.17) is 9.84 Å². The molecule has 1 heterocycles. The molecule has 0 bridgehead atoms. The van der Waals surface area contributed by atoms with Gasteiger partial charge in [-0.2, -0.15) is 8.78 Å². The largest absolute Gasteiger partial charge is 0.438 e. The Balaban J connectivity index is 2.18. The van der Waals surface area contributed by atoms with Crippen molar-refractivity contribution in [2.24, 2.45) is 0 Å². The second kappa shape index (κ2) is 5.58. The van der Waals surface area contributed by atoms with E-state index in [9.17, 15) is 8.78 Å². The van der Waals surface area contributed by atoms with E-state index in [0.29, 0.717) is 10.2 Å². The van der Waals surface area contributed by atoms with Gasteiger partial charge in [-0.1, -0.05) is 0 Å². The summed E-state index contributed by atoms with van der Waals surface area (Å²) in [5.74, 6) is -2.61. The van der Waals surface area contributed by atoms with Crippen LogP contribution >= 0.6 is 15.9 Å². The zero-order chi connectivity index (χ0) is 13.9. The van der Waals surface area contributed by atoms with Crippen LogP contribution in [0, 0.1) is 0 Å². The Bertz CT molecular complexity index is 564. The molecule has 4 nitrogen and oxygen atoms in total. The maximum atomic E-state index is 13.2. The van der Waals surface area contributed by atoms with Gasteiger partial charge >= 0.3 is 0 Å². The number of hydrogen-bond acceptors (Lipinski definition) is 4. The highest BCUT2D eigenvalue weighted by atomic mass is 79.9. The van der Waals surface area contributed by atoms with Gasteiger partial charge in [-0.05, 0) is 40.2 Å². The number of nitrogens with zero attached hydrogens (tertiary/aromatic N) is 2. The van der Waals surface area contributed by atoms with E-state index in [0.717, 1.165) is 0 Å². The molecule has 0 unspecified atom stereocenters. The summed E-state index contributed by atoms with van der Waals surface area (Å²) in [7, 11) is 0. The van der Waals surface area contributed by atoms with Crippen molar-refractivity contribution in [2.45, 2.75) is 5.92 Å². The Morgan fingerprint density at radius 3 is 2.53 bits per heavy atom. The van der Waals surface area contributed by atoms with Crippen LogP contribution < -0.4 is 4.74 Å². The Kier molecular flexibility index (Phi) is 4.06.